The Hall–Kier alpha value is -1.36. The molecule has 5 heteroatoms. The van der Waals surface area contributed by atoms with Gasteiger partial charge in [-0.15, -0.1) is 0 Å². The van der Waals surface area contributed by atoms with E-state index in [9.17, 15) is 0 Å². The van der Waals surface area contributed by atoms with Gasteiger partial charge in [0.1, 0.15) is 11.5 Å². The van der Waals surface area contributed by atoms with Crippen molar-refractivity contribution in [3.05, 3.63) is 11.5 Å². The number of hydrogen-bond acceptors (Lipinski definition) is 5. The molecule has 0 amide bonds. The van der Waals surface area contributed by atoms with Crippen LogP contribution in [0.2, 0.25) is 0 Å². The van der Waals surface area contributed by atoms with E-state index in [2.05, 4.69) is 9.97 Å². The normalized spacial score (nSPS) is 10.3. The van der Waals surface area contributed by atoms with Crippen LogP contribution in [-0.4, -0.2) is 30.3 Å². The van der Waals surface area contributed by atoms with Crippen molar-refractivity contribution in [3.63, 3.8) is 0 Å². The van der Waals surface area contributed by atoms with Crippen molar-refractivity contribution < 1.29 is 9.47 Å². The van der Waals surface area contributed by atoms with Gasteiger partial charge in [-0.3, -0.25) is 0 Å². The minimum Gasteiger partial charge on any atom is -0.479 e. The smallest absolute Gasteiger partial charge is 0.240 e. The number of nitrogen functional groups attached to an aromatic ring is 1. The van der Waals surface area contributed by atoms with Crippen LogP contribution < -0.4 is 10.5 Å². The van der Waals surface area contributed by atoms with Gasteiger partial charge in [0.2, 0.25) is 5.88 Å². The molecule has 0 saturated heterocycles. The minimum atomic E-state index is 0.439. The Morgan fingerprint density at radius 3 is 2.67 bits per heavy atom. The Morgan fingerprint density at radius 1 is 1.33 bits per heavy atom. The summed E-state index contributed by atoms with van der Waals surface area (Å²) < 4.78 is 10.3. The maximum atomic E-state index is 5.84. The summed E-state index contributed by atoms with van der Waals surface area (Å²) in [5.41, 5.74) is 7.13. The highest BCUT2D eigenvalue weighted by Crippen LogP contribution is 2.21. The van der Waals surface area contributed by atoms with Crippen LogP contribution in [-0.2, 0) is 11.2 Å². The predicted molar refractivity (Wildman–Crippen MR) is 57.9 cm³/mol. The van der Waals surface area contributed by atoms with Gasteiger partial charge in [-0.2, -0.15) is 4.98 Å². The van der Waals surface area contributed by atoms with Crippen LogP contribution in [0.15, 0.2) is 0 Å². The predicted octanol–water partition coefficient (Wildman–Crippen LogP) is 0.955. The second kappa shape index (κ2) is 5.50. The lowest BCUT2D eigenvalue weighted by atomic mass is 10.2. The third-order valence-electron chi connectivity index (χ3n) is 1.98. The highest BCUT2D eigenvalue weighted by molar-refractivity contribution is 5.52. The Labute approximate surface area is 89.6 Å². The number of nitrogens with zero attached hydrogens (tertiary/aromatic N) is 2. The first-order valence-electron chi connectivity index (χ1n) is 4.93. The molecule has 1 aromatic heterocycles. The zero-order chi connectivity index (χ0) is 11.3. The van der Waals surface area contributed by atoms with E-state index >= 15 is 0 Å². The van der Waals surface area contributed by atoms with Crippen molar-refractivity contribution >= 4 is 5.69 Å². The average molecular weight is 211 g/mol. The molecular formula is C10H17N3O2. The maximum Gasteiger partial charge on any atom is 0.240 e. The number of hydrogen-bond donors (Lipinski definition) is 1. The molecule has 0 unspecified atom stereocenters. The number of aromatic nitrogens is 2. The number of ether oxygens (including phenoxy) is 2. The van der Waals surface area contributed by atoms with Gasteiger partial charge < -0.3 is 15.2 Å². The highest BCUT2D eigenvalue weighted by atomic mass is 16.5. The summed E-state index contributed by atoms with van der Waals surface area (Å²) in [6.07, 6.45) is 0.680. The van der Waals surface area contributed by atoms with Crippen LogP contribution in [0.1, 0.15) is 18.4 Å². The average Bonchev–Trinajstić information content (AvgIpc) is 2.23. The van der Waals surface area contributed by atoms with Gasteiger partial charge in [0.05, 0.1) is 19.4 Å². The minimum absolute atomic E-state index is 0.439. The van der Waals surface area contributed by atoms with E-state index in [-0.39, 0.29) is 0 Å². The molecule has 0 radical (unpaired) electrons. The van der Waals surface area contributed by atoms with Crippen molar-refractivity contribution in [3.8, 4) is 5.88 Å². The van der Waals surface area contributed by atoms with Gasteiger partial charge in [0.15, 0.2) is 0 Å². The molecule has 2 N–H and O–H groups in total. The molecule has 5 nitrogen and oxygen atoms in total. The molecule has 0 aliphatic carbocycles. The number of rotatable bonds is 5. The van der Waals surface area contributed by atoms with Crippen LogP contribution in [0.5, 0.6) is 5.88 Å². The summed E-state index contributed by atoms with van der Waals surface area (Å²) in [7, 11) is 1.55. The zero-order valence-corrected chi connectivity index (χ0v) is 9.41. The number of anilines is 1. The zero-order valence-electron chi connectivity index (χ0n) is 9.41. The van der Waals surface area contributed by atoms with Crippen LogP contribution in [0.25, 0.3) is 0 Å². The van der Waals surface area contributed by atoms with Gasteiger partial charge in [0.25, 0.3) is 0 Å². The topological polar surface area (TPSA) is 70.3 Å². The second-order valence-corrected chi connectivity index (χ2v) is 3.09. The third kappa shape index (κ3) is 3.06. The molecular weight excluding hydrogens is 194 g/mol. The number of methoxy groups -OCH3 is 1. The molecule has 15 heavy (non-hydrogen) atoms. The Balaban J connectivity index is 2.81. The molecule has 0 atom stereocenters. The van der Waals surface area contributed by atoms with E-state index in [0.29, 0.717) is 37.0 Å². The molecule has 0 spiro atoms. The van der Waals surface area contributed by atoms with E-state index in [1.807, 2.05) is 13.8 Å². The fourth-order valence-electron chi connectivity index (χ4n) is 1.27. The molecule has 0 aliphatic rings. The van der Waals surface area contributed by atoms with Gasteiger partial charge in [-0.1, -0.05) is 0 Å². The summed E-state index contributed by atoms with van der Waals surface area (Å²) >= 11 is 0. The molecule has 0 fully saturated rings. The first-order chi connectivity index (χ1) is 7.19. The lowest BCUT2D eigenvalue weighted by Gasteiger charge is -2.09. The molecule has 84 valence electrons. The summed E-state index contributed by atoms with van der Waals surface area (Å²) in [5.74, 6) is 1.10. The quantitative estimate of drug-likeness (QED) is 0.734. The first-order valence-corrected chi connectivity index (χ1v) is 4.93. The number of aryl methyl sites for hydroxylation is 1. The van der Waals surface area contributed by atoms with E-state index in [0.717, 1.165) is 5.69 Å². The van der Waals surface area contributed by atoms with Gasteiger partial charge in [-0.05, 0) is 13.8 Å². The van der Waals surface area contributed by atoms with E-state index in [1.165, 1.54) is 0 Å². The fourth-order valence-corrected chi connectivity index (χ4v) is 1.27. The molecule has 0 bridgehead atoms. The molecule has 0 saturated carbocycles. The van der Waals surface area contributed by atoms with Gasteiger partial charge in [-0.25, -0.2) is 4.98 Å². The molecule has 1 heterocycles. The molecule has 1 aromatic rings. The monoisotopic (exact) mass is 211 g/mol. The third-order valence-corrected chi connectivity index (χ3v) is 1.98. The summed E-state index contributed by atoms with van der Waals surface area (Å²) in [6.45, 7) is 5.07. The summed E-state index contributed by atoms with van der Waals surface area (Å²) in [6, 6.07) is 0. The van der Waals surface area contributed by atoms with Crippen molar-refractivity contribution in [1.29, 1.82) is 0 Å². The molecule has 0 aromatic carbocycles. The molecule has 1 rings (SSSR count). The van der Waals surface area contributed by atoms with Gasteiger partial charge in [0, 0.05) is 13.0 Å². The van der Waals surface area contributed by atoms with Crippen LogP contribution >= 0.6 is 0 Å². The highest BCUT2D eigenvalue weighted by Gasteiger charge is 2.09. The SMILES string of the molecule is CCOCCc1nc(C)nc(OC)c1N. The fraction of sp³-hybridized carbons (Fsp3) is 0.600. The van der Waals surface area contributed by atoms with Crippen molar-refractivity contribution in [2.75, 3.05) is 26.1 Å². The van der Waals surface area contributed by atoms with E-state index in [4.69, 9.17) is 15.2 Å². The summed E-state index contributed by atoms with van der Waals surface area (Å²) in [5, 5.41) is 0. The van der Waals surface area contributed by atoms with Crippen LogP contribution in [0.3, 0.4) is 0 Å². The van der Waals surface area contributed by atoms with Crippen molar-refractivity contribution in [1.82, 2.24) is 9.97 Å². The largest absolute Gasteiger partial charge is 0.479 e. The van der Waals surface area contributed by atoms with Gasteiger partial charge >= 0.3 is 0 Å². The lowest BCUT2D eigenvalue weighted by Crippen LogP contribution is -2.08. The van der Waals surface area contributed by atoms with E-state index < -0.39 is 0 Å². The summed E-state index contributed by atoms with van der Waals surface area (Å²) in [4.78, 5) is 8.34. The Kier molecular flexibility index (Phi) is 4.30. The molecule has 0 aliphatic heterocycles. The maximum absolute atomic E-state index is 5.84. The van der Waals surface area contributed by atoms with Crippen LogP contribution in [0.4, 0.5) is 5.69 Å². The van der Waals surface area contributed by atoms with Crippen molar-refractivity contribution in [2.45, 2.75) is 20.3 Å². The Bertz CT molecular complexity index is 329. The first kappa shape index (κ1) is 11.7. The number of nitrogens with two attached hydrogens (primary N) is 1. The van der Waals surface area contributed by atoms with E-state index in [1.54, 1.807) is 7.11 Å². The van der Waals surface area contributed by atoms with Crippen molar-refractivity contribution in [2.24, 2.45) is 0 Å². The lowest BCUT2D eigenvalue weighted by molar-refractivity contribution is 0.150. The second-order valence-electron chi connectivity index (χ2n) is 3.09. The Morgan fingerprint density at radius 2 is 2.07 bits per heavy atom. The van der Waals surface area contributed by atoms with Crippen LogP contribution in [0, 0.1) is 6.92 Å². The standard InChI is InChI=1S/C10H17N3O2/c1-4-15-6-5-8-9(11)10(14-3)13-7(2)12-8/h4-6,11H2,1-3H3.